The molecule has 5 aromatic rings. The minimum absolute atomic E-state index is 0. The molecule has 0 saturated heterocycles. The molecule has 10 heteroatoms. The van der Waals surface area contributed by atoms with Crippen LogP contribution in [0.5, 0.6) is 0 Å². The fourth-order valence-electron chi connectivity index (χ4n) is 5.59. The van der Waals surface area contributed by atoms with Crippen molar-refractivity contribution in [1.29, 1.82) is 0 Å². The molecule has 5 heterocycles. The Balaban J connectivity index is 0.00000264. The topological polar surface area (TPSA) is 42.0 Å². The number of hydrogen-bond acceptors (Lipinski definition) is 7. The summed E-state index contributed by atoms with van der Waals surface area (Å²) in [4.78, 5) is 21.5. The molecule has 8 bridgehead atoms. The number of pyridine rings is 2. The Morgan fingerprint density at radius 2 is 0.875 bits per heavy atom. The minimum atomic E-state index is 0. The van der Waals surface area contributed by atoms with E-state index in [9.17, 15) is 0 Å². The number of anilines is 9. The van der Waals surface area contributed by atoms with Crippen LogP contribution >= 0.6 is 0 Å². The average molecular weight is 698 g/mol. The summed E-state index contributed by atoms with van der Waals surface area (Å²) in [5.74, 6) is 3.32. The zero-order chi connectivity index (χ0) is 25.8. The smallest absolute Gasteiger partial charge is 0.395 e. The van der Waals surface area contributed by atoms with Crippen molar-refractivity contribution in [1.82, 2.24) is 9.97 Å². The number of rotatable bonds is 1. The molecule has 2 radical (unpaired) electrons. The van der Waals surface area contributed by atoms with Gasteiger partial charge in [-0.2, -0.15) is 0 Å². The second kappa shape index (κ2) is 10.1. The van der Waals surface area contributed by atoms with Crippen LogP contribution in [0.4, 0.5) is 51.7 Å². The van der Waals surface area contributed by atoms with Gasteiger partial charge in [0.15, 0.2) is 0 Å². The molecule has 2 aromatic heterocycles. The van der Waals surface area contributed by atoms with E-state index in [1.807, 2.05) is 30.3 Å². The fraction of sp³-hybridized carbons (Fsp3) is 0.0667. The summed E-state index contributed by atoms with van der Waals surface area (Å²) in [6.45, 7) is 1.63. The first kappa shape index (κ1) is 24.8. The van der Waals surface area contributed by atoms with Crippen molar-refractivity contribution in [3.8, 4) is 0 Å². The van der Waals surface area contributed by atoms with Crippen molar-refractivity contribution in [2.24, 2.45) is 0 Å². The molecule has 8 rings (SSSR count). The Morgan fingerprint density at radius 1 is 0.450 bits per heavy atom. The third-order valence-corrected chi connectivity index (χ3v) is 7.40. The first-order valence-corrected chi connectivity index (χ1v) is 13.1. The second-order valence-electron chi connectivity index (χ2n) is 9.71. The molecule has 0 spiro atoms. The van der Waals surface area contributed by atoms with E-state index in [1.54, 1.807) is 0 Å². The minimum Gasteiger partial charge on any atom is -0.395 e. The van der Waals surface area contributed by atoms with E-state index < -0.39 is 0 Å². The monoisotopic (exact) mass is 698 g/mol. The standard InChI is InChI=1S/C30H23B2N7.Pt/c1-2-10-22(11-3-1)37-27-16-8-18-29(33-27)38-25-14-6-4-12-23(25)35(31-38)20-21-36-24-13-5-7-15-26(24)39(32-36)30-19-9-17-28(37)34-30;/h1-19H,20-21H2;. The summed E-state index contributed by atoms with van der Waals surface area (Å²) in [6, 6.07) is 39.7. The van der Waals surface area contributed by atoms with Crippen LogP contribution in [0.3, 0.4) is 0 Å². The average Bonchev–Trinajstić information content (AvgIpc) is 3.56. The second-order valence-corrected chi connectivity index (χ2v) is 9.71. The molecule has 40 heavy (non-hydrogen) atoms. The first-order valence-electron chi connectivity index (χ1n) is 13.1. The Labute approximate surface area is 249 Å². The number of benzene rings is 3. The molecule has 0 saturated carbocycles. The number of fused-ring (bicyclic) bond motifs is 16. The van der Waals surface area contributed by atoms with Crippen molar-refractivity contribution >= 4 is 66.8 Å². The molecule has 194 valence electrons. The van der Waals surface area contributed by atoms with Gasteiger partial charge in [-0.05, 0) is 60.7 Å². The van der Waals surface area contributed by atoms with Crippen LogP contribution in [-0.2, 0) is 21.1 Å². The van der Waals surface area contributed by atoms with Crippen molar-refractivity contribution in [2.75, 3.05) is 37.2 Å². The van der Waals surface area contributed by atoms with Gasteiger partial charge in [-0.3, -0.25) is 4.90 Å². The van der Waals surface area contributed by atoms with E-state index in [1.165, 1.54) is 11.4 Å². The molecule has 0 N–H and O–H groups in total. The van der Waals surface area contributed by atoms with Crippen LogP contribution in [0.25, 0.3) is 0 Å². The zero-order valence-electron chi connectivity index (χ0n) is 21.5. The van der Waals surface area contributed by atoms with Gasteiger partial charge in [0, 0.05) is 51.2 Å². The Bertz CT molecular complexity index is 1580. The predicted octanol–water partition coefficient (Wildman–Crippen LogP) is 5.94. The van der Waals surface area contributed by atoms with Crippen molar-refractivity contribution < 1.29 is 21.1 Å². The van der Waals surface area contributed by atoms with Crippen LogP contribution in [-0.4, -0.2) is 38.2 Å². The van der Waals surface area contributed by atoms with Crippen LogP contribution in [0.1, 0.15) is 0 Å². The Hall–Kier alpha value is -4.22. The maximum Gasteiger partial charge on any atom is 0.397 e. The third-order valence-electron chi connectivity index (χ3n) is 7.40. The first-order chi connectivity index (χ1) is 19.3. The van der Waals surface area contributed by atoms with Gasteiger partial charge in [0.25, 0.3) is 0 Å². The number of hydrogen-bond donors (Lipinski definition) is 0. The summed E-state index contributed by atoms with van der Waals surface area (Å²) < 4.78 is 0. The van der Waals surface area contributed by atoms with Crippen molar-refractivity contribution in [3.63, 3.8) is 0 Å². The van der Waals surface area contributed by atoms with Crippen LogP contribution in [0, 0.1) is 0 Å². The van der Waals surface area contributed by atoms with E-state index in [2.05, 4.69) is 124 Å². The van der Waals surface area contributed by atoms with Gasteiger partial charge >= 0.3 is 15.1 Å². The van der Waals surface area contributed by atoms with Gasteiger partial charge in [-0.15, -0.1) is 0 Å². The van der Waals surface area contributed by atoms with E-state index in [0.717, 1.165) is 53.4 Å². The fourth-order valence-corrected chi connectivity index (χ4v) is 5.59. The number of para-hydroxylation sites is 5. The SMILES string of the molecule is [B]1N2CCN3[B]N(c4cccc(n4)N(c4ccccc4)c4cccc(n4)N1c1ccccc12)c1ccccc13.[Pt]. The molecule has 0 unspecified atom stereocenters. The summed E-state index contributed by atoms with van der Waals surface area (Å²) in [6.07, 6.45) is 0. The molecule has 7 nitrogen and oxygen atoms in total. The molecule has 0 amide bonds. The summed E-state index contributed by atoms with van der Waals surface area (Å²) >= 11 is 0. The molecule has 0 aliphatic carbocycles. The van der Waals surface area contributed by atoms with E-state index in [0.29, 0.717) is 0 Å². The van der Waals surface area contributed by atoms with Gasteiger partial charge in [0.05, 0.1) is 11.4 Å². The molecule has 0 fully saturated rings. The number of nitrogens with zero attached hydrogens (tertiary/aromatic N) is 7. The Morgan fingerprint density at radius 3 is 1.38 bits per heavy atom. The zero-order valence-corrected chi connectivity index (χ0v) is 23.8. The van der Waals surface area contributed by atoms with E-state index >= 15 is 0 Å². The van der Waals surface area contributed by atoms with Gasteiger partial charge in [0.2, 0.25) is 0 Å². The van der Waals surface area contributed by atoms with E-state index in [-0.39, 0.29) is 21.1 Å². The van der Waals surface area contributed by atoms with E-state index in [4.69, 9.17) is 9.97 Å². The molecular formula is C30H23B2N7Pt. The van der Waals surface area contributed by atoms with Gasteiger partial charge in [0.1, 0.15) is 23.3 Å². The molecule has 3 aliphatic heterocycles. The maximum atomic E-state index is 5.18. The van der Waals surface area contributed by atoms with Crippen LogP contribution in [0.15, 0.2) is 115 Å². The largest absolute Gasteiger partial charge is 0.397 e. The van der Waals surface area contributed by atoms with Gasteiger partial charge in [-0.25, -0.2) is 9.97 Å². The van der Waals surface area contributed by atoms with Crippen molar-refractivity contribution in [2.45, 2.75) is 0 Å². The van der Waals surface area contributed by atoms with Crippen LogP contribution in [0.2, 0.25) is 0 Å². The molecule has 0 atom stereocenters. The summed E-state index contributed by atoms with van der Waals surface area (Å²) in [7, 11) is 4.34. The Kier molecular flexibility index (Phi) is 6.24. The maximum absolute atomic E-state index is 5.18. The quantitative estimate of drug-likeness (QED) is 0.201. The number of aromatic nitrogens is 2. The summed E-state index contributed by atoms with van der Waals surface area (Å²) in [5.41, 5.74) is 5.58. The normalized spacial score (nSPS) is 14.8. The molecular weight excluding hydrogens is 675 g/mol. The molecule has 3 aromatic carbocycles. The summed E-state index contributed by atoms with van der Waals surface area (Å²) in [5, 5.41) is 0. The predicted molar refractivity (Wildman–Crippen MR) is 160 cm³/mol. The van der Waals surface area contributed by atoms with Crippen molar-refractivity contribution in [3.05, 3.63) is 115 Å². The third kappa shape index (κ3) is 4.04. The molecule has 3 aliphatic rings. The van der Waals surface area contributed by atoms with Gasteiger partial charge in [-0.1, -0.05) is 54.6 Å². The van der Waals surface area contributed by atoms with Gasteiger partial charge < -0.3 is 19.2 Å². The van der Waals surface area contributed by atoms with Crippen LogP contribution < -0.4 is 24.1 Å².